The molecule has 0 aromatic carbocycles. The number of imidazole rings is 1. The molecule has 1 saturated carbocycles. The maximum atomic E-state index is 12.1. The van der Waals surface area contributed by atoms with Crippen molar-refractivity contribution in [2.45, 2.75) is 18.4 Å². The second kappa shape index (κ2) is 2.95. The van der Waals surface area contributed by atoms with Crippen LogP contribution in [0, 0.1) is 5.92 Å². The average molecular weight is 242 g/mol. The normalized spacial score (nSPS) is 30.1. The molecule has 0 unspecified atom stereocenters. The van der Waals surface area contributed by atoms with Gasteiger partial charge in [0.2, 0.25) is 5.91 Å². The summed E-state index contributed by atoms with van der Waals surface area (Å²) in [5, 5.41) is 2.43. The van der Waals surface area contributed by atoms with Crippen LogP contribution in [0.4, 0.5) is 0 Å². The molecule has 0 radical (unpaired) electrons. The molecule has 90 valence electrons. The number of hydrogen-bond donors (Lipinski definition) is 1. The van der Waals surface area contributed by atoms with Crippen molar-refractivity contribution in [1.82, 2.24) is 19.9 Å². The van der Waals surface area contributed by atoms with Gasteiger partial charge in [0.1, 0.15) is 5.54 Å². The molecule has 1 N–H and O–H groups in total. The number of rotatable bonds is 1. The molecule has 2 bridgehead atoms. The summed E-state index contributed by atoms with van der Waals surface area (Å²) in [6, 6.07) is 1.81. The molecule has 3 aliphatic rings. The highest BCUT2D eigenvalue weighted by Gasteiger charge is 2.59. The third kappa shape index (κ3) is 0.982. The number of nitrogens with one attached hydrogen (secondary N) is 1. The maximum Gasteiger partial charge on any atom is 0.252 e. The van der Waals surface area contributed by atoms with Crippen LogP contribution in [0.25, 0.3) is 11.0 Å². The van der Waals surface area contributed by atoms with Crippen molar-refractivity contribution in [1.29, 1.82) is 0 Å². The van der Waals surface area contributed by atoms with Crippen molar-refractivity contribution < 1.29 is 9.59 Å². The van der Waals surface area contributed by atoms with Crippen LogP contribution in [0.15, 0.2) is 24.8 Å². The zero-order valence-electron chi connectivity index (χ0n) is 9.46. The number of piperidine rings is 2. The molecule has 5 rings (SSSR count). The van der Waals surface area contributed by atoms with Crippen LogP contribution in [0.3, 0.4) is 0 Å². The van der Waals surface area contributed by atoms with Crippen LogP contribution < -0.4 is 5.32 Å². The van der Waals surface area contributed by atoms with E-state index in [2.05, 4.69) is 15.3 Å². The molecule has 6 nitrogen and oxygen atoms in total. The van der Waals surface area contributed by atoms with Gasteiger partial charge in [-0.2, -0.15) is 0 Å². The van der Waals surface area contributed by atoms with E-state index in [0.717, 1.165) is 11.0 Å². The van der Waals surface area contributed by atoms with E-state index >= 15 is 0 Å². The average Bonchev–Trinajstić information content (AvgIpc) is 2.71. The Kier molecular flexibility index (Phi) is 1.60. The molecule has 2 saturated heterocycles. The molecule has 0 spiro atoms. The quantitative estimate of drug-likeness (QED) is 0.724. The summed E-state index contributed by atoms with van der Waals surface area (Å²) in [4.78, 5) is 31.9. The molecule has 2 amide bonds. The highest BCUT2D eigenvalue weighted by molar-refractivity contribution is 6.06. The number of amides is 2. The summed E-state index contributed by atoms with van der Waals surface area (Å²) in [6.07, 6.45) is 6.17. The predicted molar refractivity (Wildman–Crippen MR) is 61.4 cm³/mol. The fourth-order valence-corrected chi connectivity index (χ4v) is 2.96. The van der Waals surface area contributed by atoms with Gasteiger partial charge in [-0.15, -0.1) is 0 Å². The minimum absolute atomic E-state index is 0.0446. The van der Waals surface area contributed by atoms with Gasteiger partial charge in [-0.1, -0.05) is 0 Å². The van der Waals surface area contributed by atoms with Gasteiger partial charge < -0.3 is 4.57 Å². The first-order valence-corrected chi connectivity index (χ1v) is 5.83. The molecule has 3 fully saturated rings. The van der Waals surface area contributed by atoms with Crippen LogP contribution in [-0.2, 0) is 15.1 Å². The number of aromatic nitrogens is 3. The van der Waals surface area contributed by atoms with Gasteiger partial charge in [0.05, 0.1) is 23.6 Å². The Morgan fingerprint density at radius 3 is 3.00 bits per heavy atom. The van der Waals surface area contributed by atoms with E-state index in [1.54, 1.807) is 18.7 Å². The van der Waals surface area contributed by atoms with E-state index in [-0.39, 0.29) is 17.7 Å². The molecule has 4 heterocycles. The number of imide groups is 1. The van der Waals surface area contributed by atoms with E-state index < -0.39 is 5.54 Å². The SMILES string of the molecule is O=C1NC(=O)C2(n3cnc4ccncc43)CC1C2. The first kappa shape index (κ1) is 9.76. The Morgan fingerprint density at radius 1 is 1.39 bits per heavy atom. The predicted octanol–water partition coefficient (Wildman–Crippen LogP) is 0.193. The first-order chi connectivity index (χ1) is 8.71. The molecule has 6 heteroatoms. The van der Waals surface area contributed by atoms with Crippen LogP contribution in [0.2, 0.25) is 0 Å². The van der Waals surface area contributed by atoms with Gasteiger partial charge in [0.15, 0.2) is 0 Å². The van der Waals surface area contributed by atoms with Gasteiger partial charge in [0, 0.05) is 12.1 Å². The highest BCUT2D eigenvalue weighted by Crippen LogP contribution is 2.48. The lowest BCUT2D eigenvalue weighted by molar-refractivity contribution is -0.156. The third-order valence-electron chi connectivity index (χ3n) is 4.01. The van der Waals surface area contributed by atoms with Crippen molar-refractivity contribution >= 4 is 22.8 Å². The van der Waals surface area contributed by atoms with Crippen LogP contribution in [-0.4, -0.2) is 26.3 Å². The molecule has 2 aromatic heterocycles. The lowest BCUT2D eigenvalue weighted by atomic mass is 9.64. The summed E-state index contributed by atoms with van der Waals surface area (Å²) in [6.45, 7) is 0. The molecular weight excluding hydrogens is 232 g/mol. The van der Waals surface area contributed by atoms with Crippen molar-refractivity contribution in [2.24, 2.45) is 5.92 Å². The monoisotopic (exact) mass is 242 g/mol. The summed E-state index contributed by atoms with van der Waals surface area (Å²) in [7, 11) is 0. The summed E-state index contributed by atoms with van der Waals surface area (Å²) < 4.78 is 1.85. The number of carbonyl (C=O) groups is 2. The molecule has 2 aliphatic heterocycles. The lowest BCUT2D eigenvalue weighted by Gasteiger charge is -2.50. The smallest absolute Gasteiger partial charge is 0.252 e. The second-order valence-corrected chi connectivity index (χ2v) is 4.93. The molecular formula is C12H10N4O2. The maximum absolute atomic E-state index is 12.1. The van der Waals surface area contributed by atoms with Crippen LogP contribution in [0.5, 0.6) is 0 Å². The van der Waals surface area contributed by atoms with Crippen molar-refractivity contribution in [3.8, 4) is 0 Å². The Hall–Kier alpha value is -2.24. The number of fused-ring (bicyclic) bond motifs is 3. The van der Waals surface area contributed by atoms with Gasteiger partial charge in [-0.05, 0) is 18.9 Å². The van der Waals surface area contributed by atoms with Gasteiger partial charge >= 0.3 is 0 Å². The van der Waals surface area contributed by atoms with Gasteiger partial charge in [-0.25, -0.2) is 4.98 Å². The van der Waals surface area contributed by atoms with Crippen molar-refractivity contribution in [3.05, 3.63) is 24.8 Å². The fraction of sp³-hybridized carbons (Fsp3) is 0.333. The van der Waals surface area contributed by atoms with Gasteiger partial charge in [0.25, 0.3) is 5.91 Å². The van der Waals surface area contributed by atoms with E-state index in [0.29, 0.717) is 12.8 Å². The summed E-state index contributed by atoms with van der Waals surface area (Å²) >= 11 is 0. The van der Waals surface area contributed by atoms with Crippen LogP contribution in [0.1, 0.15) is 12.8 Å². The van der Waals surface area contributed by atoms with E-state index in [4.69, 9.17) is 0 Å². The standard InChI is InChI=1S/C12H10N4O2/c17-10-7-3-12(4-7,11(18)15-10)16-6-14-8-1-2-13-5-9(8)16/h1-2,5-7H,3-4H2,(H,15,17,18). The van der Waals surface area contributed by atoms with E-state index in [1.807, 2.05) is 10.6 Å². The minimum Gasteiger partial charge on any atom is -0.314 e. The number of carbonyl (C=O) groups excluding carboxylic acids is 2. The van der Waals surface area contributed by atoms with E-state index in [1.165, 1.54) is 0 Å². The Labute approximate surface area is 102 Å². The number of hydrogen-bond acceptors (Lipinski definition) is 4. The third-order valence-corrected chi connectivity index (χ3v) is 4.01. The molecule has 2 aromatic rings. The lowest BCUT2D eigenvalue weighted by Crippen LogP contribution is -2.66. The Balaban J connectivity index is 1.89. The Bertz CT molecular complexity index is 684. The molecule has 18 heavy (non-hydrogen) atoms. The van der Waals surface area contributed by atoms with Gasteiger partial charge in [-0.3, -0.25) is 19.9 Å². The number of pyridine rings is 1. The minimum atomic E-state index is -0.643. The van der Waals surface area contributed by atoms with Crippen molar-refractivity contribution in [2.75, 3.05) is 0 Å². The topological polar surface area (TPSA) is 76.9 Å². The van der Waals surface area contributed by atoms with E-state index in [9.17, 15) is 9.59 Å². The summed E-state index contributed by atoms with van der Waals surface area (Å²) in [5.74, 6) is -0.417. The Morgan fingerprint density at radius 2 is 2.22 bits per heavy atom. The van der Waals surface area contributed by atoms with Crippen LogP contribution >= 0.6 is 0 Å². The zero-order valence-corrected chi connectivity index (χ0v) is 9.46. The molecule has 0 atom stereocenters. The molecule has 1 aliphatic carbocycles. The number of nitrogens with zero attached hydrogens (tertiary/aromatic N) is 3. The first-order valence-electron chi connectivity index (χ1n) is 5.83. The second-order valence-electron chi connectivity index (χ2n) is 4.93. The van der Waals surface area contributed by atoms with Crippen molar-refractivity contribution in [3.63, 3.8) is 0 Å². The zero-order chi connectivity index (χ0) is 12.3. The summed E-state index contributed by atoms with van der Waals surface area (Å²) in [5.41, 5.74) is 1.00. The highest BCUT2D eigenvalue weighted by atomic mass is 16.2. The largest absolute Gasteiger partial charge is 0.314 e. The fourth-order valence-electron chi connectivity index (χ4n) is 2.96.